The highest BCUT2D eigenvalue weighted by atomic mass is 35.5. The number of hydrogen-bond acceptors (Lipinski definition) is 4. The maximum atomic E-state index is 5.90. The van der Waals surface area contributed by atoms with Crippen LogP contribution in [0.2, 0.25) is 0 Å². The van der Waals surface area contributed by atoms with E-state index in [1.807, 2.05) is 0 Å². The molecule has 1 rings (SSSR count). The summed E-state index contributed by atoms with van der Waals surface area (Å²) in [5, 5.41) is 0. The molecule has 0 aromatic carbocycles. The van der Waals surface area contributed by atoms with Gasteiger partial charge in [0.1, 0.15) is 0 Å². The van der Waals surface area contributed by atoms with Gasteiger partial charge in [-0.15, -0.1) is 11.6 Å². The third kappa shape index (κ3) is 6.34. The van der Waals surface area contributed by atoms with Crippen LogP contribution in [0.1, 0.15) is 20.3 Å². The summed E-state index contributed by atoms with van der Waals surface area (Å²) in [7, 11) is 1.69. The highest BCUT2D eigenvalue weighted by Gasteiger charge is 2.32. The topological polar surface area (TPSA) is 30.9 Å². The molecule has 0 aromatic heterocycles. The molecule has 18 heavy (non-hydrogen) atoms. The van der Waals surface area contributed by atoms with Crippen molar-refractivity contribution in [3.05, 3.63) is 0 Å². The fourth-order valence-electron chi connectivity index (χ4n) is 2.30. The molecular weight excluding hydrogens is 254 g/mol. The predicted octanol–water partition coefficient (Wildman–Crippen LogP) is 1.76. The smallest absolute Gasteiger partial charge is 0.0844 e. The van der Waals surface area contributed by atoms with Crippen LogP contribution in [0.3, 0.4) is 0 Å². The summed E-state index contributed by atoms with van der Waals surface area (Å²) < 4.78 is 16.3. The number of morpholine rings is 1. The van der Waals surface area contributed by atoms with Gasteiger partial charge in [-0.05, 0) is 20.3 Å². The lowest BCUT2D eigenvalue weighted by Crippen LogP contribution is -2.53. The molecular formula is C13H26ClNO3. The minimum atomic E-state index is -0.102. The zero-order chi connectivity index (χ0) is 13.4. The molecule has 0 saturated carbocycles. The number of nitrogens with zero attached hydrogens (tertiary/aromatic N) is 1. The molecule has 1 aliphatic rings. The van der Waals surface area contributed by atoms with Crippen molar-refractivity contribution in [3.63, 3.8) is 0 Å². The van der Waals surface area contributed by atoms with Gasteiger partial charge >= 0.3 is 0 Å². The summed E-state index contributed by atoms with van der Waals surface area (Å²) in [4.78, 5) is 2.41. The van der Waals surface area contributed by atoms with Crippen LogP contribution in [0.25, 0.3) is 0 Å². The van der Waals surface area contributed by atoms with Crippen LogP contribution in [-0.2, 0) is 14.2 Å². The maximum absolute atomic E-state index is 5.90. The van der Waals surface area contributed by atoms with Gasteiger partial charge in [-0.1, -0.05) is 0 Å². The van der Waals surface area contributed by atoms with Crippen molar-refractivity contribution >= 4 is 11.6 Å². The normalized spacial score (nSPS) is 24.3. The van der Waals surface area contributed by atoms with E-state index < -0.39 is 0 Å². The monoisotopic (exact) mass is 279 g/mol. The molecule has 0 bridgehead atoms. The van der Waals surface area contributed by atoms with Crippen LogP contribution in [0.15, 0.2) is 0 Å². The summed E-state index contributed by atoms with van der Waals surface area (Å²) in [6, 6.07) is 0. The maximum Gasteiger partial charge on any atom is 0.0844 e. The number of hydrogen-bond donors (Lipinski definition) is 0. The molecule has 1 fully saturated rings. The SMILES string of the molecule is COCCOCCCN1CC(CCl)OC(C)(C)C1. The Morgan fingerprint density at radius 2 is 2.11 bits per heavy atom. The predicted molar refractivity (Wildman–Crippen MR) is 73.4 cm³/mol. The summed E-state index contributed by atoms with van der Waals surface area (Å²) in [6.45, 7) is 9.28. The lowest BCUT2D eigenvalue weighted by Gasteiger charge is -2.42. The van der Waals surface area contributed by atoms with E-state index in [1.54, 1.807) is 7.11 Å². The minimum absolute atomic E-state index is 0.102. The molecule has 108 valence electrons. The lowest BCUT2D eigenvalue weighted by molar-refractivity contribution is -0.128. The molecule has 1 heterocycles. The van der Waals surface area contributed by atoms with Crippen molar-refractivity contribution < 1.29 is 14.2 Å². The van der Waals surface area contributed by atoms with Gasteiger partial charge in [0.2, 0.25) is 0 Å². The molecule has 0 spiro atoms. The summed E-state index contributed by atoms with van der Waals surface area (Å²) in [6.07, 6.45) is 1.18. The average molecular weight is 280 g/mol. The summed E-state index contributed by atoms with van der Waals surface area (Å²) in [5.74, 6) is 0.560. The molecule has 1 aliphatic heterocycles. The largest absolute Gasteiger partial charge is 0.382 e. The van der Waals surface area contributed by atoms with Gasteiger partial charge in [-0.2, -0.15) is 0 Å². The van der Waals surface area contributed by atoms with Crippen molar-refractivity contribution in [1.82, 2.24) is 4.90 Å². The van der Waals surface area contributed by atoms with Gasteiger partial charge < -0.3 is 14.2 Å². The first-order valence-electron chi connectivity index (χ1n) is 6.60. The average Bonchev–Trinajstić information content (AvgIpc) is 2.31. The molecule has 1 atom stereocenters. The van der Waals surface area contributed by atoms with E-state index in [9.17, 15) is 0 Å². The van der Waals surface area contributed by atoms with Crippen LogP contribution in [0.5, 0.6) is 0 Å². The van der Waals surface area contributed by atoms with E-state index in [0.29, 0.717) is 19.1 Å². The molecule has 0 amide bonds. The Labute approximate surface area is 116 Å². The number of methoxy groups -OCH3 is 1. The van der Waals surface area contributed by atoms with E-state index in [0.717, 1.165) is 32.7 Å². The van der Waals surface area contributed by atoms with Gasteiger partial charge in [0.25, 0.3) is 0 Å². The first-order valence-corrected chi connectivity index (χ1v) is 7.13. The zero-order valence-corrected chi connectivity index (χ0v) is 12.5. The van der Waals surface area contributed by atoms with Gasteiger partial charge in [0, 0.05) is 39.2 Å². The van der Waals surface area contributed by atoms with Crippen molar-refractivity contribution in [2.75, 3.05) is 52.4 Å². The van der Waals surface area contributed by atoms with E-state index in [1.165, 1.54) is 0 Å². The Kier molecular flexibility index (Phi) is 7.49. The number of halogens is 1. The molecule has 0 N–H and O–H groups in total. The van der Waals surface area contributed by atoms with Crippen LogP contribution in [0.4, 0.5) is 0 Å². The minimum Gasteiger partial charge on any atom is -0.382 e. The summed E-state index contributed by atoms with van der Waals surface area (Å²) >= 11 is 5.90. The number of alkyl halides is 1. The Hall–Kier alpha value is 0.130. The highest BCUT2D eigenvalue weighted by Crippen LogP contribution is 2.21. The zero-order valence-electron chi connectivity index (χ0n) is 11.8. The molecule has 5 heteroatoms. The van der Waals surface area contributed by atoms with Gasteiger partial charge in [-0.3, -0.25) is 4.90 Å². The molecule has 1 unspecified atom stereocenters. The van der Waals surface area contributed by atoms with Crippen molar-refractivity contribution in [3.8, 4) is 0 Å². The third-order valence-electron chi connectivity index (χ3n) is 2.92. The fourth-order valence-corrected chi connectivity index (χ4v) is 2.46. The first kappa shape index (κ1) is 16.2. The second-order valence-electron chi connectivity index (χ2n) is 5.35. The molecule has 1 saturated heterocycles. The summed E-state index contributed by atoms with van der Waals surface area (Å²) in [5.41, 5.74) is -0.102. The van der Waals surface area contributed by atoms with E-state index in [2.05, 4.69) is 18.7 Å². The Morgan fingerprint density at radius 3 is 2.78 bits per heavy atom. The van der Waals surface area contributed by atoms with Crippen LogP contribution in [-0.4, -0.2) is 69.0 Å². The molecule has 0 aliphatic carbocycles. The number of ether oxygens (including phenoxy) is 3. The van der Waals surface area contributed by atoms with Gasteiger partial charge in [0.05, 0.1) is 24.9 Å². The van der Waals surface area contributed by atoms with Gasteiger partial charge in [-0.25, -0.2) is 0 Å². The molecule has 0 aromatic rings. The van der Waals surface area contributed by atoms with Crippen LogP contribution >= 0.6 is 11.6 Å². The fraction of sp³-hybridized carbons (Fsp3) is 1.00. The van der Waals surface area contributed by atoms with Crippen LogP contribution in [0, 0.1) is 0 Å². The van der Waals surface area contributed by atoms with Crippen LogP contribution < -0.4 is 0 Å². The van der Waals surface area contributed by atoms with Crippen molar-refractivity contribution in [2.24, 2.45) is 0 Å². The second kappa shape index (κ2) is 8.33. The Bertz CT molecular complexity index is 226. The van der Waals surface area contributed by atoms with E-state index in [4.69, 9.17) is 25.8 Å². The second-order valence-corrected chi connectivity index (χ2v) is 5.66. The third-order valence-corrected chi connectivity index (χ3v) is 3.26. The standard InChI is InChI=1S/C13H26ClNO3/c1-13(2)11-15(10-12(9-14)18-13)5-4-6-17-8-7-16-3/h12H,4-11H2,1-3H3. The lowest BCUT2D eigenvalue weighted by atomic mass is 10.1. The van der Waals surface area contributed by atoms with Gasteiger partial charge in [0.15, 0.2) is 0 Å². The highest BCUT2D eigenvalue weighted by molar-refractivity contribution is 6.18. The molecule has 0 radical (unpaired) electrons. The van der Waals surface area contributed by atoms with Crippen molar-refractivity contribution in [1.29, 1.82) is 0 Å². The van der Waals surface area contributed by atoms with E-state index >= 15 is 0 Å². The first-order chi connectivity index (χ1) is 8.57. The van der Waals surface area contributed by atoms with E-state index in [-0.39, 0.29) is 11.7 Å². The Morgan fingerprint density at radius 1 is 1.33 bits per heavy atom. The number of rotatable bonds is 8. The molecule has 4 nitrogen and oxygen atoms in total. The quantitative estimate of drug-likeness (QED) is 0.500. The Balaban J connectivity index is 2.16. The van der Waals surface area contributed by atoms with Crippen molar-refractivity contribution in [2.45, 2.75) is 32.0 Å².